The molecule has 1 N–H and O–H groups in total. The maximum absolute atomic E-state index is 11.8. The Morgan fingerprint density at radius 1 is 1.39 bits per heavy atom. The molecule has 0 saturated heterocycles. The Bertz CT molecular complexity index is 576. The molecule has 0 aliphatic rings. The average Bonchev–Trinajstić information content (AvgIpc) is 2.85. The van der Waals surface area contributed by atoms with Crippen molar-refractivity contribution >= 4 is 34.1 Å². The van der Waals surface area contributed by atoms with Gasteiger partial charge in [0.1, 0.15) is 0 Å². The number of aromatic nitrogens is 2. The summed E-state index contributed by atoms with van der Waals surface area (Å²) in [4.78, 5) is 11.8. The van der Waals surface area contributed by atoms with E-state index in [-0.39, 0.29) is 5.91 Å². The molecule has 0 aliphatic heterocycles. The lowest BCUT2D eigenvalue weighted by atomic mass is 10.2. The van der Waals surface area contributed by atoms with Crippen molar-refractivity contribution in [2.24, 2.45) is 0 Å². The number of nitrogens with zero attached hydrogens (tertiary/aromatic N) is 3. The van der Waals surface area contributed by atoms with Crippen molar-refractivity contribution < 1.29 is 4.79 Å². The van der Waals surface area contributed by atoms with Crippen LogP contribution in [0.15, 0.2) is 34.7 Å². The van der Waals surface area contributed by atoms with Crippen LogP contribution in [0.3, 0.4) is 0 Å². The molecule has 0 spiro atoms. The van der Waals surface area contributed by atoms with Crippen molar-refractivity contribution in [2.45, 2.75) is 4.34 Å². The number of rotatable bonds is 4. The number of nitrogens with one attached hydrogen (secondary N) is 1. The van der Waals surface area contributed by atoms with Crippen molar-refractivity contribution in [2.75, 3.05) is 11.1 Å². The fraction of sp³-hybridized carbons (Fsp3) is 0.0909. The summed E-state index contributed by atoms with van der Waals surface area (Å²) in [5.74, 6) is 0.102. The van der Waals surface area contributed by atoms with E-state index in [9.17, 15) is 4.79 Å². The highest BCUT2D eigenvalue weighted by molar-refractivity contribution is 8.01. The largest absolute Gasteiger partial charge is 0.296 e. The summed E-state index contributed by atoms with van der Waals surface area (Å²) in [6, 6.07) is 10.9. The highest BCUT2D eigenvalue weighted by Crippen LogP contribution is 2.25. The zero-order chi connectivity index (χ0) is 12.8. The van der Waals surface area contributed by atoms with Crippen LogP contribution in [0.4, 0.5) is 5.13 Å². The van der Waals surface area contributed by atoms with Gasteiger partial charge in [-0.05, 0) is 12.1 Å². The zero-order valence-corrected chi connectivity index (χ0v) is 10.8. The maximum atomic E-state index is 11.8. The van der Waals surface area contributed by atoms with E-state index in [1.165, 1.54) is 23.1 Å². The molecule has 18 heavy (non-hydrogen) atoms. The van der Waals surface area contributed by atoms with E-state index in [4.69, 9.17) is 5.26 Å². The molecule has 90 valence electrons. The molecule has 0 unspecified atom stereocenters. The van der Waals surface area contributed by atoms with Gasteiger partial charge in [0.2, 0.25) is 5.13 Å². The molecule has 2 rings (SSSR count). The Balaban J connectivity index is 2.00. The summed E-state index contributed by atoms with van der Waals surface area (Å²) in [7, 11) is 0. The molecule has 5 nitrogen and oxygen atoms in total. The zero-order valence-electron chi connectivity index (χ0n) is 9.16. The molecular formula is C11H8N4OS2. The van der Waals surface area contributed by atoms with Crippen molar-refractivity contribution in [3.05, 3.63) is 35.9 Å². The molecular weight excluding hydrogens is 268 g/mol. The third-order valence-electron chi connectivity index (χ3n) is 1.92. The van der Waals surface area contributed by atoms with Gasteiger partial charge in [0.05, 0.1) is 11.8 Å². The third-order valence-corrected chi connectivity index (χ3v) is 3.76. The van der Waals surface area contributed by atoms with Gasteiger partial charge in [-0.15, -0.1) is 10.2 Å². The third kappa shape index (κ3) is 3.29. The fourth-order valence-electron chi connectivity index (χ4n) is 1.17. The van der Waals surface area contributed by atoms with Crippen LogP contribution in [0, 0.1) is 11.3 Å². The average molecular weight is 276 g/mol. The van der Waals surface area contributed by atoms with Crippen LogP contribution in [0.25, 0.3) is 0 Å². The van der Waals surface area contributed by atoms with Crippen LogP contribution in [0.5, 0.6) is 0 Å². The Hall–Kier alpha value is -1.91. The summed E-state index contributed by atoms with van der Waals surface area (Å²) in [6.07, 6.45) is 0. The minimum absolute atomic E-state index is 0.219. The van der Waals surface area contributed by atoms with Gasteiger partial charge >= 0.3 is 0 Å². The smallest absolute Gasteiger partial charge is 0.257 e. The van der Waals surface area contributed by atoms with Gasteiger partial charge in [0.25, 0.3) is 5.91 Å². The van der Waals surface area contributed by atoms with Gasteiger partial charge in [-0.1, -0.05) is 41.3 Å². The van der Waals surface area contributed by atoms with Gasteiger partial charge in [0, 0.05) is 5.56 Å². The van der Waals surface area contributed by atoms with Gasteiger partial charge in [-0.25, -0.2) is 0 Å². The van der Waals surface area contributed by atoms with Gasteiger partial charge in [0.15, 0.2) is 4.34 Å². The number of thioether (sulfide) groups is 1. The lowest BCUT2D eigenvalue weighted by molar-refractivity contribution is 0.102. The fourth-order valence-corrected chi connectivity index (χ4v) is 2.58. The van der Waals surface area contributed by atoms with Crippen molar-refractivity contribution in [3.63, 3.8) is 0 Å². The highest BCUT2D eigenvalue weighted by atomic mass is 32.2. The van der Waals surface area contributed by atoms with Gasteiger partial charge in [-0.2, -0.15) is 5.26 Å². The highest BCUT2D eigenvalue weighted by Gasteiger charge is 2.09. The van der Waals surface area contributed by atoms with E-state index in [1.807, 2.05) is 12.1 Å². The second-order valence-electron chi connectivity index (χ2n) is 3.14. The first-order chi connectivity index (χ1) is 8.79. The molecule has 1 aromatic carbocycles. The number of amides is 1. The number of hydrogen-bond donors (Lipinski definition) is 1. The van der Waals surface area contributed by atoms with Crippen LogP contribution in [-0.2, 0) is 0 Å². The molecule has 0 aliphatic carbocycles. The van der Waals surface area contributed by atoms with Crippen LogP contribution in [0.1, 0.15) is 10.4 Å². The molecule has 0 bridgehead atoms. The van der Waals surface area contributed by atoms with E-state index in [0.717, 1.165) is 0 Å². The monoisotopic (exact) mass is 276 g/mol. The lowest BCUT2D eigenvalue weighted by Gasteiger charge is -1.99. The first kappa shape index (κ1) is 12.5. The summed E-state index contributed by atoms with van der Waals surface area (Å²) in [5, 5.41) is 19.3. The molecule has 0 fully saturated rings. The lowest BCUT2D eigenvalue weighted by Crippen LogP contribution is -2.11. The van der Waals surface area contributed by atoms with E-state index in [0.29, 0.717) is 20.8 Å². The van der Waals surface area contributed by atoms with Crippen LogP contribution in [-0.4, -0.2) is 21.9 Å². The Morgan fingerprint density at radius 3 is 2.89 bits per heavy atom. The normalized spacial score (nSPS) is 9.72. The number of hydrogen-bond acceptors (Lipinski definition) is 6. The molecule has 0 radical (unpaired) electrons. The van der Waals surface area contributed by atoms with Crippen LogP contribution in [0.2, 0.25) is 0 Å². The van der Waals surface area contributed by atoms with Crippen molar-refractivity contribution in [3.8, 4) is 6.07 Å². The van der Waals surface area contributed by atoms with Gasteiger partial charge in [-0.3, -0.25) is 10.1 Å². The minimum Gasteiger partial charge on any atom is -0.296 e. The molecule has 2 aromatic rings. The first-order valence-corrected chi connectivity index (χ1v) is 6.79. The number of nitriles is 1. The Kier molecular flexibility index (Phi) is 4.28. The molecule has 0 saturated carbocycles. The van der Waals surface area contributed by atoms with E-state index < -0.39 is 0 Å². The predicted octanol–water partition coefficient (Wildman–Crippen LogP) is 2.41. The van der Waals surface area contributed by atoms with Crippen molar-refractivity contribution in [1.82, 2.24) is 10.2 Å². The minimum atomic E-state index is -0.219. The standard InChI is InChI=1S/C11H8N4OS2/c12-6-7-17-11-15-14-10(18-11)13-9(16)8-4-2-1-3-5-8/h1-5H,7H2,(H,13,14,16). The van der Waals surface area contributed by atoms with Crippen LogP contribution >= 0.6 is 23.1 Å². The molecule has 1 amide bonds. The summed E-state index contributed by atoms with van der Waals surface area (Å²) >= 11 is 2.55. The number of benzene rings is 1. The predicted molar refractivity (Wildman–Crippen MR) is 70.6 cm³/mol. The SMILES string of the molecule is N#CCSc1nnc(NC(=O)c2ccccc2)s1. The number of carbonyl (C=O) groups excluding carboxylic acids is 1. The molecule has 1 heterocycles. The quantitative estimate of drug-likeness (QED) is 0.685. The number of carbonyl (C=O) groups is 1. The second-order valence-corrected chi connectivity index (χ2v) is 5.34. The maximum Gasteiger partial charge on any atom is 0.257 e. The van der Waals surface area contributed by atoms with E-state index >= 15 is 0 Å². The topological polar surface area (TPSA) is 78.7 Å². The summed E-state index contributed by atoms with van der Waals surface area (Å²) in [5.41, 5.74) is 0.568. The summed E-state index contributed by atoms with van der Waals surface area (Å²) < 4.78 is 0.667. The Morgan fingerprint density at radius 2 is 2.17 bits per heavy atom. The molecule has 1 aromatic heterocycles. The summed E-state index contributed by atoms with van der Waals surface area (Å²) in [6.45, 7) is 0. The van der Waals surface area contributed by atoms with Crippen LogP contribution < -0.4 is 5.32 Å². The van der Waals surface area contributed by atoms with E-state index in [2.05, 4.69) is 15.5 Å². The molecule has 7 heteroatoms. The second kappa shape index (κ2) is 6.14. The number of anilines is 1. The van der Waals surface area contributed by atoms with Crippen molar-refractivity contribution in [1.29, 1.82) is 5.26 Å². The van der Waals surface area contributed by atoms with Gasteiger partial charge < -0.3 is 0 Å². The van der Waals surface area contributed by atoms with E-state index in [1.54, 1.807) is 24.3 Å². The Labute approximate surface area is 112 Å². The first-order valence-electron chi connectivity index (χ1n) is 4.99. The molecule has 0 atom stereocenters.